The van der Waals surface area contributed by atoms with Gasteiger partial charge in [-0.05, 0) is 48.1 Å². The standard InChI is InChI=1S/C21H18ClN3OS2/c1-12-15-7-9-27-17(15)6-8-25(12)10-18-23-20(26)19-16(11-28-21(19)24-18)13-2-4-14(22)5-3-13/h2-5,7,9,11-12H,6,8,10H2,1H3,(H,23,24,26). The summed E-state index contributed by atoms with van der Waals surface area (Å²) in [7, 11) is 0. The molecule has 0 spiro atoms. The number of nitrogens with one attached hydrogen (secondary N) is 1. The molecule has 0 saturated heterocycles. The van der Waals surface area contributed by atoms with Gasteiger partial charge in [0.25, 0.3) is 5.56 Å². The van der Waals surface area contributed by atoms with Gasteiger partial charge in [-0.25, -0.2) is 4.98 Å². The normalized spacial score (nSPS) is 17.1. The van der Waals surface area contributed by atoms with Crippen molar-refractivity contribution in [2.75, 3.05) is 6.54 Å². The topological polar surface area (TPSA) is 49.0 Å². The lowest BCUT2D eigenvalue weighted by atomic mass is 10.0. The molecular weight excluding hydrogens is 410 g/mol. The van der Waals surface area contributed by atoms with Gasteiger partial charge in [0.15, 0.2) is 0 Å². The van der Waals surface area contributed by atoms with Crippen molar-refractivity contribution in [3.8, 4) is 11.1 Å². The molecule has 142 valence electrons. The van der Waals surface area contributed by atoms with E-state index < -0.39 is 0 Å². The maximum Gasteiger partial charge on any atom is 0.260 e. The molecule has 1 aromatic carbocycles. The van der Waals surface area contributed by atoms with Crippen molar-refractivity contribution in [2.24, 2.45) is 0 Å². The number of hydrogen-bond acceptors (Lipinski definition) is 5. The van der Waals surface area contributed by atoms with Crippen LogP contribution in [0.2, 0.25) is 5.02 Å². The summed E-state index contributed by atoms with van der Waals surface area (Å²) in [6, 6.07) is 10.1. The minimum Gasteiger partial charge on any atom is -0.309 e. The fraction of sp³-hybridized carbons (Fsp3) is 0.238. The Kier molecular flexibility index (Phi) is 4.59. The van der Waals surface area contributed by atoms with Crippen LogP contribution >= 0.6 is 34.3 Å². The number of rotatable bonds is 3. The van der Waals surface area contributed by atoms with E-state index >= 15 is 0 Å². The van der Waals surface area contributed by atoms with Crippen molar-refractivity contribution >= 4 is 44.5 Å². The number of fused-ring (bicyclic) bond motifs is 2. The first-order chi connectivity index (χ1) is 13.6. The molecule has 3 aromatic heterocycles. The lowest BCUT2D eigenvalue weighted by Crippen LogP contribution is -2.33. The van der Waals surface area contributed by atoms with E-state index in [9.17, 15) is 4.79 Å². The Labute approximate surface area is 175 Å². The molecule has 0 radical (unpaired) electrons. The van der Waals surface area contributed by atoms with E-state index in [4.69, 9.17) is 16.6 Å². The monoisotopic (exact) mass is 427 g/mol. The zero-order chi connectivity index (χ0) is 19.3. The number of aromatic amines is 1. The molecule has 0 saturated carbocycles. The first-order valence-corrected chi connectivity index (χ1v) is 11.3. The molecule has 1 unspecified atom stereocenters. The zero-order valence-corrected chi connectivity index (χ0v) is 17.6. The van der Waals surface area contributed by atoms with Crippen LogP contribution in [0.25, 0.3) is 21.3 Å². The summed E-state index contributed by atoms with van der Waals surface area (Å²) >= 11 is 9.34. The zero-order valence-electron chi connectivity index (χ0n) is 15.2. The van der Waals surface area contributed by atoms with E-state index in [0.717, 1.165) is 34.7 Å². The summed E-state index contributed by atoms with van der Waals surface area (Å²) in [5.41, 5.74) is 3.21. The van der Waals surface area contributed by atoms with E-state index in [1.54, 1.807) is 0 Å². The van der Waals surface area contributed by atoms with Crippen molar-refractivity contribution in [2.45, 2.75) is 25.9 Å². The maximum atomic E-state index is 12.9. The van der Waals surface area contributed by atoms with E-state index in [-0.39, 0.29) is 5.56 Å². The molecule has 1 N–H and O–H groups in total. The highest BCUT2D eigenvalue weighted by molar-refractivity contribution is 7.17. The molecule has 0 fully saturated rings. The third-order valence-electron chi connectivity index (χ3n) is 5.40. The highest BCUT2D eigenvalue weighted by Gasteiger charge is 2.25. The van der Waals surface area contributed by atoms with Crippen LogP contribution < -0.4 is 5.56 Å². The first kappa shape index (κ1) is 18.1. The number of H-pyrrole nitrogens is 1. The van der Waals surface area contributed by atoms with Gasteiger partial charge in [-0.1, -0.05) is 23.7 Å². The summed E-state index contributed by atoms with van der Waals surface area (Å²) in [5, 5.41) is 5.51. The molecule has 4 aromatic rings. The van der Waals surface area contributed by atoms with Crippen LogP contribution in [0, 0.1) is 0 Å². The summed E-state index contributed by atoms with van der Waals surface area (Å²) in [6.07, 6.45) is 1.06. The molecular formula is C21H18ClN3OS2. The number of nitrogens with zero attached hydrogens (tertiary/aromatic N) is 2. The van der Waals surface area contributed by atoms with Crippen LogP contribution in [0.1, 0.15) is 29.2 Å². The van der Waals surface area contributed by atoms with Gasteiger partial charge < -0.3 is 4.98 Å². The lowest BCUT2D eigenvalue weighted by molar-refractivity contribution is 0.186. The highest BCUT2D eigenvalue weighted by Crippen LogP contribution is 2.34. The molecule has 1 aliphatic rings. The van der Waals surface area contributed by atoms with Gasteiger partial charge in [0.1, 0.15) is 10.7 Å². The Morgan fingerprint density at radius 3 is 2.89 bits per heavy atom. The van der Waals surface area contributed by atoms with Crippen molar-refractivity contribution < 1.29 is 0 Å². The van der Waals surface area contributed by atoms with Gasteiger partial charge in [-0.15, -0.1) is 22.7 Å². The van der Waals surface area contributed by atoms with Gasteiger partial charge in [0.2, 0.25) is 0 Å². The van der Waals surface area contributed by atoms with Gasteiger partial charge in [-0.3, -0.25) is 9.69 Å². The molecule has 0 aliphatic carbocycles. The fourth-order valence-electron chi connectivity index (χ4n) is 3.88. The summed E-state index contributed by atoms with van der Waals surface area (Å²) in [4.78, 5) is 25.3. The number of thiophene rings is 2. The van der Waals surface area contributed by atoms with Crippen LogP contribution in [0.15, 0.2) is 45.9 Å². The molecule has 0 bridgehead atoms. The van der Waals surface area contributed by atoms with Crippen LogP contribution in [-0.2, 0) is 13.0 Å². The van der Waals surface area contributed by atoms with Crippen molar-refractivity contribution in [1.29, 1.82) is 0 Å². The minimum atomic E-state index is -0.0768. The number of hydrogen-bond donors (Lipinski definition) is 1. The third-order valence-corrected chi connectivity index (χ3v) is 7.53. The number of benzene rings is 1. The molecule has 28 heavy (non-hydrogen) atoms. The summed E-state index contributed by atoms with van der Waals surface area (Å²) in [6.45, 7) is 3.86. The molecule has 4 heterocycles. The van der Waals surface area contributed by atoms with Crippen LogP contribution in [0.5, 0.6) is 0 Å². The molecule has 0 amide bonds. The van der Waals surface area contributed by atoms with Gasteiger partial charge in [0.05, 0.1) is 11.9 Å². The smallest absolute Gasteiger partial charge is 0.260 e. The average molecular weight is 428 g/mol. The lowest BCUT2D eigenvalue weighted by Gasteiger charge is -2.33. The van der Waals surface area contributed by atoms with Gasteiger partial charge in [0, 0.05) is 33.4 Å². The van der Waals surface area contributed by atoms with E-state index in [1.165, 1.54) is 21.8 Å². The second-order valence-electron chi connectivity index (χ2n) is 7.04. The second kappa shape index (κ2) is 7.12. The number of halogens is 1. The fourth-order valence-corrected chi connectivity index (χ4v) is 5.94. The quantitative estimate of drug-likeness (QED) is 0.470. The average Bonchev–Trinajstić information content (AvgIpc) is 3.32. The minimum absolute atomic E-state index is 0.0768. The predicted octanol–water partition coefficient (Wildman–Crippen LogP) is 5.49. The van der Waals surface area contributed by atoms with Gasteiger partial charge in [-0.2, -0.15) is 0 Å². The van der Waals surface area contributed by atoms with E-state index in [2.05, 4.69) is 28.3 Å². The second-order valence-corrected chi connectivity index (χ2v) is 9.34. The number of aromatic nitrogens is 2. The van der Waals surface area contributed by atoms with Gasteiger partial charge >= 0.3 is 0 Å². The summed E-state index contributed by atoms with van der Waals surface area (Å²) < 4.78 is 0. The Hall–Kier alpha value is -1.99. The van der Waals surface area contributed by atoms with Crippen LogP contribution in [0.3, 0.4) is 0 Å². The molecule has 7 heteroatoms. The Bertz CT molecular complexity index is 1210. The van der Waals surface area contributed by atoms with Crippen molar-refractivity contribution in [3.63, 3.8) is 0 Å². The first-order valence-electron chi connectivity index (χ1n) is 9.17. The third kappa shape index (κ3) is 3.10. The predicted molar refractivity (Wildman–Crippen MR) is 118 cm³/mol. The maximum absolute atomic E-state index is 12.9. The SMILES string of the molecule is CC1c2ccsc2CCN1Cc1nc2scc(-c3ccc(Cl)cc3)c2c(=O)[nH]1. The molecule has 5 rings (SSSR count). The largest absolute Gasteiger partial charge is 0.309 e. The van der Waals surface area contributed by atoms with Crippen molar-refractivity contribution in [1.82, 2.24) is 14.9 Å². The molecule has 1 aliphatic heterocycles. The van der Waals surface area contributed by atoms with Crippen molar-refractivity contribution in [3.05, 3.63) is 72.7 Å². The summed E-state index contributed by atoms with van der Waals surface area (Å²) in [5.74, 6) is 0.729. The van der Waals surface area contributed by atoms with Crippen LogP contribution in [-0.4, -0.2) is 21.4 Å². The molecule has 1 atom stereocenters. The van der Waals surface area contributed by atoms with E-state index in [0.29, 0.717) is 23.0 Å². The highest BCUT2D eigenvalue weighted by atomic mass is 35.5. The molecule has 4 nitrogen and oxygen atoms in total. The Morgan fingerprint density at radius 2 is 2.07 bits per heavy atom. The van der Waals surface area contributed by atoms with Crippen LogP contribution in [0.4, 0.5) is 0 Å². The van der Waals surface area contributed by atoms with E-state index in [1.807, 2.05) is 41.0 Å². The Morgan fingerprint density at radius 1 is 1.25 bits per heavy atom. The Balaban J connectivity index is 1.48.